The molecule has 1 aliphatic heterocycles. The number of nitrogens with one attached hydrogen (secondary N) is 2. The van der Waals surface area contributed by atoms with Crippen LogP contribution in [0, 0.1) is 0 Å². The summed E-state index contributed by atoms with van der Waals surface area (Å²) in [6, 6.07) is 3.42. The fraction of sp³-hybridized carbons (Fsp3) is 0.571. The normalized spacial score (nSPS) is 19.6. The summed E-state index contributed by atoms with van der Waals surface area (Å²) in [6.45, 7) is 3.58. The number of hydrogen-bond acceptors (Lipinski definition) is 4. The van der Waals surface area contributed by atoms with Gasteiger partial charge in [-0.25, -0.2) is 4.79 Å². The van der Waals surface area contributed by atoms with Crippen LogP contribution in [0.3, 0.4) is 0 Å². The lowest BCUT2D eigenvalue weighted by Crippen LogP contribution is -2.47. The molecule has 0 bridgehead atoms. The van der Waals surface area contributed by atoms with E-state index in [1.54, 1.807) is 12.1 Å². The first-order valence-corrected chi connectivity index (χ1v) is 6.99. The van der Waals surface area contributed by atoms with Crippen LogP contribution in [0.1, 0.15) is 31.9 Å². The number of furan rings is 1. The van der Waals surface area contributed by atoms with E-state index in [0.29, 0.717) is 11.8 Å². The Labute approximate surface area is 118 Å². The molecule has 6 nitrogen and oxygen atoms in total. The SMILES string of the molecule is CC1CCCCN1CC(=O)NC(=O)NCc1ccco1. The smallest absolute Gasteiger partial charge is 0.321 e. The first kappa shape index (κ1) is 14.6. The Hall–Kier alpha value is -1.82. The van der Waals surface area contributed by atoms with Crippen LogP contribution < -0.4 is 10.6 Å². The fourth-order valence-corrected chi connectivity index (χ4v) is 2.37. The molecule has 20 heavy (non-hydrogen) atoms. The van der Waals surface area contributed by atoms with E-state index in [1.807, 2.05) is 0 Å². The molecule has 1 saturated heterocycles. The van der Waals surface area contributed by atoms with Gasteiger partial charge in [0.2, 0.25) is 5.91 Å². The van der Waals surface area contributed by atoms with E-state index in [4.69, 9.17) is 4.42 Å². The Bertz CT molecular complexity index is 445. The number of piperidine rings is 1. The molecule has 6 heteroatoms. The lowest BCUT2D eigenvalue weighted by atomic mass is 10.0. The summed E-state index contributed by atoms with van der Waals surface area (Å²) in [6.07, 6.45) is 4.97. The van der Waals surface area contributed by atoms with Crippen molar-refractivity contribution in [2.45, 2.75) is 38.8 Å². The van der Waals surface area contributed by atoms with Crippen molar-refractivity contribution in [3.05, 3.63) is 24.2 Å². The van der Waals surface area contributed by atoms with Gasteiger partial charge >= 0.3 is 6.03 Å². The summed E-state index contributed by atoms with van der Waals surface area (Å²) in [7, 11) is 0. The fourth-order valence-electron chi connectivity index (χ4n) is 2.37. The summed E-state index contributed by atoms with van der Waals surface area (Å²) >= 11 is 0. The van der Waals surface area contributed by atoms with Gasteiger partial charge in [0.05, 0.1) is 19.4 Å². The summed E-state index contributed by atoms with van der Waals surface area (Å²) in [5, 5.41) is 4.92. The minimum atomic E-state index is -0.490. The van der Waals surface area contributed by atoms with Crippen LogP contribution in [-0.4, -0.2) is 36.0 Å². The second kappa shape index (κ2) is 7.09. The molecule has 0 aliphatic carbocycles. The van der Waals surface area contributed by atoms with E-state index in [9.17, 15) is 9.59 Å². The zero-order valence-electron chi connectivity index (χ0n) is 11.7. The lowest BCUT2D eigenvalue weighted by Gasteiger charge is -2.32. The van der Waals surface area contributed by atoms with Crippen molar-refractivity contribution in [2.24, 2.45) is 0 Å². The van der Waals surface area contributed by atoms with Crippen LogP contribution in [0.25, 0.3) is 0 Å². The topological polar surface area (TPSA) is 74.6 Å². The standard InChI is InChI=1S/C14H21N3O3/c1-11-5-2-3-7-17(11)10-13(18)16-14(19)15-9-12-6-4-8-20-12/h4,6,8,11H,2-3,5,7,9-10H2,1H3,(H2,15,16,18,19). The van der Waals surface area contributed by atoms with Crippen LogP contribution in [0.4, 0.5) is 4.79 Å². The minimum Gasteiger partial charge on any atom is -0.467 e. The zero-order chi connectivity index (χ0) is 14.4. The van der Waals surface area contributed by atoms with Crippen LogP contribution in [0.5, 0.6) is 0 Å². The molecule has 1 unspecified atom stereocenters. The van der Waals surface area contributed by atoms with Gasteiger partial charge in [0.1, 0.15) is 5.76 Å². The van der Waals surface area contributed by atoms with E-state index in [-0.39, 0.29) is 19.0 Å². The molecule has 110 valence electrons. The van der Waals surface area contributed by atoms with Crippen molar-refractivity contribution < 1.29 is 14.0 Å². The first-order chi connectivity index (χ1) is 9.65. The summed E-state index contributed by atoms with van der Waals surface area (Å²) in [5.41, 5.74) is 0. The second-order valence-corrected chi connectivity index (χ2v) is 5.13. The quantitative estimate of drug-likeness (QED) is 0.875. The van der Waals surface area contributed by atoms with E-state index in [2.05, 4.69) is 22.5 Å². The number of urea groups is 1. The van der Waals surface area contributed by atoms with E-state index in [1.165, 1.54) is 12.7 Å². The van der Waals surface area contributed by atoms with Crippen molar-refractivity contribution in [1.29, 1.82) is 0 Å². The van der Waals surface area contributed by atoms with E-state index >= 15 is 0 Å². The van der Waals surface area contributed by atoms with Crippen molar-refractivity contribution in [2.75, 3.05) is 13.1 Å². The Balaban J connectivity index is 1.69. The predicted octanol–water partition coefficient (Wildman–Crippen LogP) is 1.48. The number of carbonyl (C=O) groups is 2. The van der Waals surface area contributed by atoms with Gasteiger partial charge in [0.15, 0.2) is 0 Å². The van der Waals surface area contributed by atoms with Crippen molar-refractivity contribution in [3.63, 3.8) is 0 Å². The molecular weight excluding hydrogens is 258 g/mol. The maximum atomic E-state index is 11.8. The molecule has 0 saturated carbocycles. The van der Waals surface area contributed by atoms with Gasteiger partial charge in [0.25, 0.3) is 0 Å². The minimum absolute atomic E-state index is 0.268. The number of rotatable bonds is 4. The third-order valence-electron chi connectivity index (χ3n) is 3.54. The Morgan fingerprint density at radius 1 is 1.45 bits per heavy atom. The monoisotopic (exact) mass is 279 g/mol. The van der Waals surface area contributed by atoms with Gasteiger partial charge in [-0.05, 0) is 38.4 Å². The number of imide groups is 1. The van der Waals surface area contributed by atoms with Crippen molar-refractivity contribution in [3.8, 4) is 0 Å². The van der Waals surface area contributed by atoms with Gasteiger partial charge in [-0.2, -0.15) is 0 Å². The molecule has 2 rings (SSSR count). The van der Waals surface area contributed by atoms with Crippen LogP contribution in [-0.2, 0) is 11.3 Å². The number of hydrogen-bond donors (Lipinski definition) is 2. The van der Waals surface area contributed by atoms with Gasteiger partial charge in [-0.15, -0.1) is 0 Å². The maximum absolute atomic E-state index is 11.8. The molecule has 3 amide bonds. The molecule has 1 aliphatic rings. The molecule has 0 radical (unpaired) electrons. The Morgan fingerprint density at radius 2 is 2.30 bits per heavy atom. The predicted molar refractivity (Wildman–Crippen MR) is 74.0 cm³/mol. The number of carbonyl (C=O) groups excluding carboxylic acids is 2. The molecule has 2 N–H and O–H groups in total. The Morgan fingerprint density at radius 3 is 3.00 bits per heavy atom. The first-order valence-electron chi connectivity index (χ1n) is 6.99. The largest absolute Gasteiger partial charge is 0.467 e. The van der Waals surface area contributed by atoms with Crippen molar-refractivity contribution in [1.82, 2.24) is 15.5 Å². The van der Waals surface area contributed by atoms with Gasteiger partial charge in [-0.1, -0.05) is 6.42 Å². The molecular formula is C14H21N3O3. The number of likely N-dealkylation sites (tertiary alicyclic amines) is 1. The molecule has 0 aromatic carbocycles. The molecule has 1 aromatic heterocycles. The van der Waals surface area contributed by atoms with E-state index in [0.717, 1.165) is 19.4 Å². The highest BCUT2D eigenvalue weighted by Gasteiger charge is 2.21. The van der Waals surface area contributed by atoms with Gasteiger partial charge < -0.3 is 9.73 Å². The average molecular weight is 279 g/mol. The highest BCUT2D eigenvalue weighted by atomic mass is 16.3. The molecule has 1 atom stereocenters. The third kappa shape index (κ3) is 4.38. The van der Waals surface area contributed by atoms with E-state index < -0.39 is 6.03 Å². The summed E-state index contributed by atoms with van der Waals surface area (Å²) in [4.78, 5) is 25.5. The maximum Gasteiger partial charge on any atom is 0.321 e. The number of amides is 3. The third-order valence-corrected chi connectivity index (χ3v) is 3.54. The highest BCUT2D eigenvalue weighted by Crippen LogP contribution is 2.15. The average Bonchev–Trinajstić information content (AvgIpc) is 2.92. The van der Waals surface area contributed by atoms with Gasteiger partial charge in [0, 0.05) is 6.04 Å². The molecule has 2 heterocycles. The van der Waals surface area contributed by atoms with Crippen molar-refractivity contribution >= 4 is 11.9 Å². The Kier molecular flexibility index (Phi) is 5.17. The number of nitrogens with zero attached hydrogens (tertiary/aromatic N) is 1. The molecule has 1 fully saturated rings. The summed E-state index contributed by atoms with van der Waals surface area (Å²) in [5.74, 6) is 0.382. The zero-order valence-corrected chi connectivity index (χ0v) is 11.7. The highest BCUT2D eigenvalue weighted by molar-refractivity contribution is 5.95. The van der Waals surface area contributed by atoms with Crippen LogP contribution in [0.15, 0.2) is 22.8 Å². The summed E-state index contributed by atoms with van der Waals surface area (Å²) < 4.78 is 5.09. The molecule has 1 aromatic rings. The lowest BCUT2D eigenvalue weighted by molar-refractivity contribution is -0.122. The molecule has 0 spiro atoms. The van der Waals surface area contributed by atoms with Crippen LogP contribution >= 0.6 is 0 Å². The second-order valence-electron chi connectivity index (χ2n) is 5.13. The van der Waals surface area contributed by atoms with Crippen LogP contribution in [0.2, 0.25) is 0 Å². The van der Waals surface area contributed by atoms with Gasteiger partial charge in [-0.3, -0.25) is 15.0 Å².